The van der Waals surface area contributed by atoms with Gasteiger partial charge >= 0.3 is 17.8 Å². The Labute approximate surface area is 217 Å². The fourth-order valence-corrected chi connectivity index (χ4v) is 6.57. The molecule has 0 bridgehead atoms. The van der Waals surface area contributed by atoms with Crippen molar-refractivity contribution in [3.8, 4) is 0 Å². The lowest BCUT2D eigenvalue weighted by atomic mass is 9.89. The Morgan fingerprint density at radius 2 is 1.84 bits per heavy atom. The number of halogens is 3. The Kier molecular flexibility index (Phi) is 7.48. The second-order valence-corrected chi connectivity index (χ2v) is 16.9. The summed E-state index contributed by atoms with van der Waals surface area (Å²) in [6.07, 6.45) is -9.25. The number of ether oxygens (including phenoxy) is 1. The van der Waals surface area contributed by atoms with Crippen molar-refractivity contribution in [1.82, 2.24) is 14.5 Å². The third kappa shape index (κ3) is 5.02. The molecule has 1 amide bonds. The molecular weight excluding hydrogens is 555 g/mol. The van der Waals surface area contributed by atoms with E-state index in [1.165, 1.54) is 19.3 Å². The maximum Gasteiger partial charge on any atom is 0.471 e. The fourth-order valence-electron chi connectivity index (χ4n) is 4.04. The van der Waals surface area contributed by atoms with E-state index in [-0.39, 0.29) is 5.56 Å². The van der Waals surface area contributed by atoms with Crippen LogP contribution in [0.2, 0.25) is 18.1 Å². The van der Waals surface area contributed by atoms with E-state index in [4.69, 9.17) is 13.3 Å². The van der Waals surface area contributed by atoms with Gasteiger partial charge in [-0.3, -0.25) is 18.7 Å². The first-order valence-electron chi connectivity index (χ1n) is 11.4. The molecule has 2 N–H and O–H groups in total. The van der Waals surface area contributed by atoms with Crippen LogP contribution in [0.5, 0.6) is 0 Å². The summed E-state index contributed by atoms with van der Waals surface area (Å²) < 4.78 is 84.1. The van der Waals surface area contributed by atoms with Gasteiger partial charge in [0.15, 0.2) is 20.1 Å². The summed E-state index contributed by atoms with van der Waals surface area (Å²) in [7, 11) is -6.51. The van der Waals surface area contributed by atoms with E-state index >= 15 is 0 Å². The zero-order valence-corrected chi connectivity index (χ0v) is 23.6. The van der Waals surface area contributed by atoms with Crippen LogP contribution in [0.15, 0.2) is 26.9 Å². The lowest BCUT2D eigenvalue weighted by molar-refractivity contribution is -0.173. The van der Waals surface area contributed by atoms with Gasteiger partial charge < -0.3 is 19.6 Å². The second kappa shape index (κ2) is 9.41. The molecule has 4 atom stereocenters. The number of alkyl halides is 3. The van der Waals surface area contributed by atoms with Crippen LogP contribution in [0.4, 0.5) is 13.2 Å². The van der Waals surface area contributed by atoms with E-state index in [1.54, 1.807) is 13.1 Å². The smallest absolute Gasteiger partial charge is 0.406 e. The molecule has 0 aliphatic carbocycles. The molecule has 1 aromatic rings. The van der Waals surface area contributed by atoms with E-state index in [0.717, 1.165) is 15.3 Å². The largest absolute Gasteiger partial charge is 0.471 e. The van der Waals surface area contributed by atoms with Crippen molar-refractivity contribution in [2.24, 2.45) is 7.05 Å². The molecule has 17 heteroatoms. The molecule has 1 saturated heterocycles. The summed E-state index contributed by atoms with van der Waals surface area (Å²) in [5.41, 5.74) is -4.84. The molecule has 3 heterocycles. The lowest BCUT2D eigenvalue weighted by Gasteiger charge is -2.43. The SMILES string of the molecule is Cc1cn([C@@H]2O[C@H](CO)[C@@]3(OS(=O)(=O)C=C3NC(=O)C(F)(F)F)[C@H]2O[Si](C)(C)C(C)(C)C)c(=O)n(C)c1=O. The third-order valence-electron chi connectivity index (χ3n) is 7.06. The van der Waals surface area contributed by atoms with Crippen molar-refractivity contribution in [3.05, 3.63) is 43.7 Å². The van der Waals surface area contributed by atoms with Crippen LogP contribution in [0.3, 0.4) is 0 Å². The van der Waals surface area contributed by atoms with Gasteiger partial charge in [-0.2, -0.15) is 21.6 Å². The van der Waals surface area contributed by atoms with Crippen LogP contribution in [0.25, 0.3) is 0 Å². The Morgan fingerprint density at radius 1 is 1.26 bits per heavy atom. The number of aryl methyl sites for hydroxylation is 1. The van der Waals surface area contributed by atoms with Gasteiger partial charge in [0, 0.05) is 18.8 Å². The number of aliphatic hydroxyl groups excluding tert-OH is 1. The molecule has 1 fully saturated rings. The Bertz CT molecular complexity index is 1400. The third-order valence-corrected chi connectivity index (χ3v) is 12.5. The molecule has 214 valence electrons. The van der Waals surface area contributed by atoms with Gasteiger partial charge in [0.1, 0.15) is 12.2 Å². The molecule has 38 heavy (non-hydrogen) atoms. The summed E-state index contributed by atoms with van der Waals surface area (Å²) in [5, 5.41) is 11.5. The molecule has 1 spiro atoms. The van der Waals surface area contributed by atoms with Crippen molar-refractivity contribution in [1.29, 1.82) is 0 Å². The first-order chi connectivity index (χ1) is 17.1. The van der Waals surface area contributed by atoms with Crippen LogP contribution in [0.1, 0.15) is 32.6 Å². The van der Waals surface area contributed by atoms with Crippen molar-refractivity contribution in [2.45, 2.75) is 76.0 Å². The number of hydrogen-bond acceptors (Lipinski definition) is 9. The topological polar surface area (TPSA) is 155 Å². The zero-order valence-electron chi connectivity index (χ0n) is 21.7. The van der Waals surface area contributed by atoms with Crippen LogP contribution in [0, 0.1) is 6.92 Å². The molecular formula is C21H30F3N3O9SSi. The van der Waals surface area contributed by atoms with Gasteiger partial charge in [0.05, 0.1) is 17.7 Å². The van der Waals surface area contributed by atoms with Crippen LogP contribution < -0.4 is 16.6 Å². The first-order valence-corrected chi connectivity index (χ1v) is 15.8. The standard InChI is InChI=1S/C21H30F3N3O9SSi/c1-11-8-27(18(31)26(5)15(11)29)16-14(35-38(6,7)19(2,3)4)20(13(9-28)34-16)12(10-37(32,33)36-20)25-17(30)21(22,23)24/h8,10,13-14,16,28H,9H2,1-7H3,(H,25,30)/t13-,14+,16-,20-/m1/s1. The van der Waals surface area contributed by atoms with Gasteiger partial charge in [-0.05, 0) is 25.1 Å². The van der Waals surface area contributed by atoms with Crippen LogP contribution >= 0.6 is 0 Å². The monoisotopic (exact) mass is 585 g/mol. The molecule has 2 aliphatic rings. The van der Waals surface area contributed by atoms with Crippen LogP contribution in [-0.2, 0) is 35.3 Å². The highest BCUT2D eigenvalue weighted by Crippen LogP contribution is 2.52. The quantitative estimate of drug-likeness (QED) is 0.376. The van der Waals surface area contributed by atoms with Gasteiger partial charge in [-0.15, -0.1) is 0 Å². The van der Waals surface area contributed by atoms with E-state index in [1.807, 2.05) is 20.8 Å². The van der Waals surface area contributed by atoms with Crippen molar-refractivity contribution in [2.75, 3.05) is 6.61 Å². The Hall–Kier alpha value is -2.31. The fraction of sp³-hybridized carbons (Fsp3) is 0.667. The highest BCUT2D eigenvalue weighted by atomic mass is 32.2. The normalized spacial score (nSPS) is 27.6. The summed E-state index contributed by atoms with van der Waals surface area (Å²) in [6.45, 7) is 9.40. The molecule has 0 radical (unpaired) electrons. The molecule has 1 aromatic heterocycles. The number of amides is 1. The highest BCUT2D eigenvalue weighted by Gasteiger charge is 2.68. The van der Waals surface area contributed by atoms with E-state index < -0.39 is 83.1 Å². The number of hydrogen-bond donors (Lipinski definition) is 2. The predicted molar refractivity (Wildman–Crippen MR) is 129 cm³/mol. The number of rotatable bonds is 5. The molecule has 12 nitrogen and oxygen atoms in total. The number of aliphatic hydroxyl groups is 1. The number of carbonyl (C=O) groups is 1. The van der Waals surface area contributed by atoms with Crippen molar-refractivity contribution >= 4 is 24.3 Å². The number of carbonyl (C=O) groups excluding carboxylic acids is 1. The van der Waals surface area contributed by atoms with E-state index in [2.05, 4.69) is 0 Å². The van der Waals surface area contributed by atoms with Gasteiger partial charge in [0.2, 0.25) is 0 Å². The Morgan fingerprint density at radius 3 is 2.34 bits per heavy atom. The summed E-state index contributed by atoms with van der Waals surface area (Å²) in [5.74, 6) is -2.50. The minimum absolute atomic E-state index is 0.0874. The molecule has 0 aromatic carbocycles. The van der Waals surface area contributed by atoms with Gasteiger partial charge in [0.25, 0.3) is 15.7 Å². The average molecular weight is 586 g/mol. The highest BCUT2D eigenvalue weighted by molar-refractivity contribution is 7.90. The van der Waals surface area contributed by atoms with Gasteiger partial charge in [-0.25, -0.2) is 8.98 Å². The number of nitrogens with zero attached hydrogens (tertiary/aromatic N) is 2. The Balaban J connectivity index is 2.33. The average Bonchev–Trinajstić information content (AvgIpc) is 3.20. The van der Waals surface area contributed by atoms with Crippen molar-refractivity contribution < 1.29 is 44.8 Å². The molecule has 2 aliphatic heterocycles. The minimum atomic E-state index is -5.40. The summed E-state index contributed by atoms with van der Waals surface area (Å²) >= 11 is 0. The van der Waals surface area contributed by atoms with Crippen molar-refractivity contribution in [3.63, 3.8) is 0 Å². The second-order valence-electron chi connectivity index (χ2n) is 10.7. The van der Waals surface area contributed by atoms with E-state index in [0.29, 0.717) is 5.41 Å². The summed E-state index contributed by atoms with van der Waals surface area (Å²) in [6, 6.07) is 0. The van der Waals surface area contributed by atoms with Gasteiger partial charge in [-0.1, -0.05) is 20.8 Å². The first kappa shape index (κ1) is 30.2. The lowest BCUT2D eigenvalue weighted by Crippen LogP contribution is -2.60. The minimum Gasteiger partial charge on any atom is -0.406 e. The predicted octanol–water partition coefficient (Wildman–Crippen LogP) is 0.754. The molecule has 0 unspecified atom stereocenters. The number of aromatic nitrogens is 2. The zero-order chi connectivity index (χ0) is 29.2. The number of nitrogens with one attached hydrogen (secondary N) is 1. The maximum absolute atomic E-state index is 13.2. The van der Waals surface area contributed by atoms with E-state index in [9.17, 15) is 41.1 Å². The molecule has 3 rings (SSSR count). The summed E-state index contributed by atoms with van der Waals surface area (Å²) in [4.78, 5) is 37.3. The van der Waals surface area contributed by atoms with Crippen LogP contribution in [-0.4, -0.2) is 67.5 Å². The molecule has 0 saturated carbocycles. The maximum atomic E-state index is 13.2.